The summed E-state index contributed by atoms with van der Waals surface area (Å²) >= 11 is 1.47. The molecule has 7 nitrogen and oxygen atoms in total. The number of carbonyl (C=O) groups is 1. The number of ether oxygens (including phenoxy) is 1. The Morgan fingerprint density at radius 3 is 2.50 bits per heavy atom. The molecule has 0 saturated carbocycles. The first-order valence-electron chi connectivity index (χ1n) is 9.86. The Balaban J connectivity index is 1.63. The minimum atomic E-state index is -3.59. The number of hydrogen-bond acceptors (Lipinski definition) is 5. The van der Waals surface area contributed by atoms with Gasteiger partial charge in [-0.2, -0.15) is 9.30 Å². The standard InChI is InChI=1S/C21H23N3O4S2/c1-2-11-24-18-5-3-4-6-19(18)29-21(24)22-20(25)16-7-9-17(10-8-16)30(26,27)23-12-14-28-15-13-23/h3-10H,2,11-15H2,1H3. The number of aryl methyl sites for hydroxylation is 1. The average molecular weight is 446 g/mol. The number of para-hydroxylation sites is 1. The van der Waals surface area contributed by atoms with Crippen molar-refractivity contribution in [1.29, 1.82) is 0 Å². The number of morpholine rings is 1. The molecule has 30 heavy (non-hydrogen) atoms. The molecule has 0 spiro atoms. The summed E-state index contributed by atoms with van der Waals surface area (Å²) in [4.78, 5) is 17.9. The lowest BCUT2D eigenvalue weighted by Gasteiger charge is -2.26. The van der Waals surface area contributed by atoms with Crippen LogP contribution in [0.4, 0.5) is 0 Å². The number of amides is 1. The van der Waals surface area contributed by atoms with Gasteiger partial charge in [-0.3, -0.25) is 4.79 Å². The molecule has 0 aliphatic carbocycles. The maximum atomic E-state index is 12.8. The van der Waals surface area contributed by atoms with Gasteiger partial charge in [-0.1, -0.05) is 30.4 Å². The van der Waals surface area contributed by atoms with Crippen molar-refractivity contribution in [3.8, 4) is 0 Å². The Morgan fingerprint density at radius 2 is 1.80 bits per heavy atom. The minimum Gasteiger partial charge on any atom is -0.379 e. The lowest BCUT2D eigenvalue weighted by atomic mass is 10.2. The zero-order valence-electron chi connectivity index (χ0n) is 16.7. The topological polar surface area (TPSA) is 81.0 Å². The van der Waals surface area contributed by atoms with Gasteiger partial charge in [0.2, 0.25) is 10.0 Å². The van der Waals surface area contributed by atoms with Gasteiger partial charge in [0.05, 0.1) is 28.3 Å². The summed E-state index contributed by atoms with van der Waals surface area (Å²) in [7, 11) is -3.59. The quantitative estimate of drug-likeness (QED) is 0.605. The van der Waals surface area contributed by atoms with Gasteiger partial charge in [0, 0.05) is 25.2 Å². The van der Waals surface area contributed by atoms with Crippen LogP contribution in [-0.4, -0.2) is 49.5 Å². The van der Waals surface area contributed by atoms with Gasteiger partial charge >= 0.3 is 0 Å². The van der Waals surface area contributed by atoms with E-state index in [4.69, 9.17) is 4.74 Å². The number of carbonyl (C=O) groups excluding carboxylic acids is 1. The van der Waals surface area contributed by atoms with Crippen molar-refractivity contribution in [3.63, 3.8) is 0 Å². The fourth-order valence-electron chi connectivity index (χ4n) is 3.40. The Morgan fingerprint density at radius 1 is 1.10 bits per heavy atom. The zero-order valence-corrected chi connectivity index (χ0v) is 18.3. The van der Waals surface area contributed by atoms with Crippen LogP contribution in [0.1, 0.15) is 23.7 Å². The second-order valence-corrected chi connectivity index (χ2v) is 9.91. The normalized spacial score (nSPS) is 16.2. The largest absolute Gasteiger partial charge is 0.379 e. The summed E-state index contributed by atoms with van der Waals surface area (Å²) in [6.45, 7) is 4.30. The number of sulfonamides is 1. The summed E-state index contributed by atoms with van der Waals surface area (Å²) in [5, 5.41) is 0. The van der Waals surface area contributed by atoms with E-state index < -0.39 is 10.0 Å². The molecule has 1 aromatic heterocycles. The highest BCUT2D eigenvalue weighted by molar-refractivity contribution is 7.89. The molecule has 158 valence electrons. The number of thiazole rings is 1. The van der Waals surface area contributed by atoms with E-state index in [1.165, 1.54) is 39.9 Å². The van der Waals surface area contributed by atoms with Crippen molar-refractivity contribution < 1.29 is 17.9 Å². The lowest BCUT2D eigenvalue weighted by molar-refractivity contribution is 0.0730. The van der Waals surface area contributed by atoms with Crippen molar-refractivity contribution in [3.05, 3.63) is 58.9 Å². The van der Waals surface area contributed by atoms with Crippen molar-refractivity contribution in [2.24, 2.45) is 4.99 Å². The van der Waals surface area contributed by atoms with Gasteiger partial charge in [0.15, 0.2) is 4.80 Å². The molecule has 0 atom stereocenters. The predicted molar refractivity (Wildman–Crippen MR) is 116 cm³/mol. The molecular weight excluding hydrogens is 422 g/mol. The third kappa shape index (κ3) is 4.11. The fraction of sp³-hybridized carbons (Fsp3) is 0.333. The van der Waals surface area contributed by atoms with Crippen LogP contribution < -0.4 is 4.80 Å². The summed E-state index contributed by atoms with van der Waals surface area (Å²) in [5.41, 5.74) is 1.42. The van der Waals surface area contributed by atoms with Gasteiger partial charge < -0.3 is 9.30 Å². The van der Waals surface area contributed by atoms with Crippen LogP contribution in [0.2, 0.25) is 0 Å². The van der Waals surface area contributed by atoms with E-state index in [0.29, 0.717) is 36.7 Å². The first kappa shape index (κ1) is 20.9. The Bertz CT molecular complexity index is 1220. The maximum absolute atomic E-state index is 12.8. The van der Waals surface area contributed by atoms with Crippen LogP contribution in [-0.2, 0) is 21.3 Å². The highest BCUT2D eigenvalue weighted by Gasteiger charge is 2.26. The average Bonchev–Trinajstić information content (AvgIpc) is 3.12. The molecule has 1 saturated heterocycles. The number of aromatic nitrogens is 1. The summed E-state index contributed by atoms with van der Waals surface area (Å²) in [6, 6.07) is 14.0. The highest BCUT2D eigenvalue weighted by Crippen LogP contribution is 2.19. The van der Waals surface area contributed by atoms with E-state index in [-0.39, 0.29) is 10.8 Å². The van der Waals surface area contributed by atoms with E-state index >= 15 is 0 Å². The summed E-state index contributed by atoms with van der Waals surface area (Å²) < 4.78 is 35.2. The van der Waals surface area contributed by atoms with Crippen LogP contribution in [0, 0.1) is 0 Å². The number of hydrogen-bond donors (Lipinski definition) is 0. The fourth-order valence-corrected chi connectivity index (χ4v) is 5.87. The molecule has 0 N–H and O–H groups in total. The van der Waals surface area contributed by atoms with Crippen LogP contribution in [0.25, 0.3) is 10.2 Å². The Kier molecular flexibility index (Phi) is 6.14. The van der Waals surface area contributed by atoms with Crippen LogP contribution in [0.5, 0.6) is 0 Å². The molecule has 0 unspecified atom stereocenters. The van der Waals surface area contributed by atoms with E-state index in [1.54, 1.807) is 0 Å². The molecular formula is C21H23N3O4S2. The maximum Gasteiger partial charge on any atom is 0.279 e. The van der Waals surface area contributed by atoms with Crippen LogP contribution in [0.3, 0.4) is 0 Å². The predicted octanol–water partition coefficient (Wildman–Crippen LogP) is 2.87. The first-order valence-corrected chi connectivity index (χ1v) is 12.1. The number of benzene rings is 2. The van der Waals surface area contributed by atoms with E-state index in [0.717, 1.165) is 23.2 Å². The SMILES string of the molecule is CCCn1c(=NC(=O)c2ccc(S(=O)(=O)N3CCOCC3)cc2)sc2ccccc21. The second-order valence-electron chi connectivity index (χ2n) is 6.96. The van der Waals surface area contributed by atoms with E-state index in [1.807, 2.05) is 24.3 Å². The molecule has 4 rings (SSSR count). The number of nitrogens with zero attached hydrogens (tertiary/aromatic N) is 3. The van der Waals surface area contributed by atoms with Crippen molar-refractivity contribution in [2.45, 2.75) is 24.8 Å². The smallest absolute Gasteiger partial charge is 0.279 e. The van der Waals surface area contributed by atoms with Gasteiger partial charge in [0.25, 0.3) is 5.91 Å². The highest BCUT2D eigenvalue weighted by atomic mass is 32.2. The molecule has 1 fully saturated rings. The van der Waals surface area contributed by atoms with Crippen LogP contribution >= 0.6 is 11.3 Å². The molecule has 3 aromatic rings. The lowest BCUT2D eigenvalue weighted by Crippen LogP contribution is -2.40. The summed E-state index contributed by atoms with van der Waals surface area (Å²) in [5.74, 6) is -0.387. The molecule has 0 radical (unpaired) electrons. The minimum absolute atomic E-state index is 0.170. The van der Waals surface area contributed by atoms with Crippen LogP contribution in [0.15, 0.2) is 58.4 Å². The first-order chi connectivity index (χ1) is 14.5. The van der Waals surface area contributed by atoms with Gasteiger partial charge in [-0.15, -0.1) is 0 Å². The molecule has 0 bridgehead atoms. The van der Waals surface area contributed by atoms with Gasteiger partial charge in [0.1, 0.15) is 0 Å². The van der Waals surface area contributed by atoms with E-state index in [9.17, 15) is 13.2 Å². The van der Waals surface area contributed by atoms with Gasteiger partial charge in [-0.05, 0) is 42.8 Å². The van der Waals surface area contributed by atoms with Crippen molar-refractivity contribution in [2.75, 3.05) is 26.3 Å². The third-order valence-electron chi connectivity index (χ3n) is 4.94. The molecule has 1 aliphatic rings. The molecule has 2 heterocycles. The van der Waals surface area contributed by atoms with Gasteiger partial charge in [-0.25, -0.2) is 8.42 Å². The van der Waals surface area contributed by atoms with E-state index in [2.05, 4.69) is 16.5 Å². The third-order valence-corrected chi connectivity index (χ3v) is 7.91. The second kappa shape index (κ2) is 8.81. The summed E-state index contributed by atoms with van der Waals surface area (Å²) in [6.07, 6.45) is 0.927. The zero-order chi connectivity index (χ0) is 21.1. The molecule has 9 heteroatoms. The number of rotatable bonds is 5. The Hall–Kier alpha value is -2.33. The molecule has 2 aromatic carbocycles. The molecule has 1 aliphatic heterocycles. The number of fused-ring (bicyclic) bond motifs is 1. The Labute approximate surface area is 179 Å². The van der Waals surface area contributed by atoms with Crippen molar-refractivity contribution >= 4 is 37.5 Å². The van der Waals surface area contributed by atoms with Crippen molar-refractivity contribution in [1.82, 2.24) is 8.87 Å². The molecule has 1 amide bonds. The monoisotopic (exact) mass is 445 g/mol.